The highest BCUT2D eigenvalue weighted by atomic mass is 16.2. The highest BCUT2D eigenvalue weighted by Gasteiger charge is 2.55. The molecule has 3 heterocycles. The first kappa shape index (κ1) is 16.6. The van der Waals surface area contributed by atoms with E-state index in [9.17, 15) is 4.79 Å². The van der Waals surface area contributed by atoms with Crippen LogP contribution in [-0.2, 0) is 16.8 Å². The van der Waals surface area contributed by atoms with Gasteiger partial charge >= 0.3 is 0 Å². The van der Waals surface area contributed by atoms with Gasteiger partial charge in [0.1, 0.15) is 0 Å². The number of anilines is 1. The second-order valence-corrected chi connectivity index (χ2v) is 8.11. The predicted octanol–water partition coefficient (Wildman–Crippen LogP) is 3.95. The van der Waals surface area contributed by atoms with E-state index in [2.05, 4.69) is 54.5 Å². The molecular formula is C23H25N3O. The number of aromatic amines is 1. The molecule has 1 unspecified atom stereocenters. The summed E-state index contributed by atoms with van der Waals surface area (Å²) in [4.78, 5) is 19.4. The first-order valence-corrected chi connectivity index (χ1v) is 9.89. The van der Waals surface area contributed by atoms with Crippen LogP contribution in [0.1, 0.15) is 37.1 Å². The molecule has 138 valence electrons. The fourth-order valence-electron chi connectivity index (χ4n) is 4.72. The van der Waals surface area contributed by atoms with Crippen molar-refractivity contribution in [2.75, 3.05) is 18.0 Å². The lowest BCUT2D eigenvalue weighted by Crippen LogP contribution is -2.55. The van der Waals surface area contributed by atoms with Crippen LogP contribution in [0.3, 0.4) is 0 Å². The smallest absolute Gasteiger partial charge is 0.258 e. The standard InChI is InChI=1S/C23H25N3O/c1-15(2)12-14-26-20-10-6-4-8-18(20)23(22(26)27)21-17(11-13-24-23)16-7-3-5-9-19(16)25-21/h3-10,15,24-25H,11-14H2,1-2H3. The minimum absolute atomic E-state index is 0.150. The molecule has 4 nitrogen and oxygen atoms in total. The number of carbonyl (C=O) groups excluding carboxylic acids is 1. The molecule has 1 amide bonds. The summed E-state index contributed by atoms with van der Waals surface area (Å²) < 4.78 is 0. The zero-order valence-electron chi connectivity index (χ0n) is 15.9. The molecule has 2 N–H and O–H groups in total. The second kappa shape index (κ2) is 5.96. The molecular weight excluding hydrogens is 334 g/mol. The molecule has 0 saturated heterocycles. The maximum atomic E-state index is 13.8. The summed E-state index contributed by atoms with van der Waals surface area (Å²) >= 11 is 0. The third kappa shape index (κ3) is 2.23. The number of rotatable bonds is 3. The summed E-state index contributed by atoms with van der Waals surface area (Å²) in [6.07, 6.45) is 1.93. The van der Waals surface area contributed by atoms with E-state index in [1.807, 2.05) is 23.1 Å². The van der Waals surface area contributed by atoms with Gasteiger partial charge in [0.25, 0.3) is 5.91 Å². The van der Waals surface area contributed by atoms with Crippen molar-refractivity contribution in [3.8, 4) is 0 Å². The Morgan fingerprint density at radius 3 is 2.74 bits per heavy atom. The number of hydrogen-bond donors (Lipinski definition) is 2. The molecule has 5 rings (SSSR count). The fraction of sp³-hybridized carbons (Fsp3) is 0.348. The normalized spacial score (nSPS) is 21.3. The molecule has 0 saturated carbocycles. The average molecular weight is 359 g/mol. The molecule has 27 heavy (non-hydrogen) atoms. The lowest BCUT2D eigenvalue weighted by Gasteiger charge is -2.34. The van der Waals surface area contributed by atoms with E-state index in [4.69, 9.17) is 0 Å². The van der Waals surface area contributed by atoms with Gasteiger partial charge < -0.3 is 9.88 Å². The topological polar surface area (TPSA) is 48.1 Å². The van der Waals surface area contributed by atoms with Gasteiger partial charge in [0.2, 0.25) is 0 Å². The number of carbonyl (C=O) groups is 1. The van der Waals surface area contributed by atoms with Crippen LogP contribution in [0.5, 0.6) is 0 Å². The second-order valence-electron chi connectivity index (χ2n) is 8.11. The highest BCUT2D eigenvalue weighted by molar-refractivity contribution is 6.11. The van der Waals surface area contributed by atoms with Crippen molar-refractivity contribution in [2.24, 2.45) is 5.92 Å². The van der Waals surface area contributed by atoms with Crippen LogP contribution in [0, 0.1) is 5.92 Å². The van der Waals surface area contributed by atoms with Crippen molar-refractivity contribution < 1.29 is 4.79 Å². The molecule has 0 fully saturated rings. The lowest BCUT2D eigenvalue weighted by atomic mass is 9.82. The van der Waals surface area contributed by atoms with Gasteiger partial charge in [-0.1, -0.05) is 50.2 Å². The average Bonchev–Trinajstić information content (AvgIpc) is 3.17. The van der Waals surface area contributed by atoms with Crippen molar-refractivity contribution in [3.63, 3.8) is 0 Å². The van der Waals surface area contributed by atoms with Gasteiger partial charge in [-0.2, -0.15) is 0 Å². The number of H-pyrrole nitrogens is 1. The van der Waals surface area contributed by atoms with Gasteiger partial charge in [0.05, 0.1) is 5.69 Å². The Bertz CT molecular complexity index is 1040. The van der Waals surface area contributed by atoms with Gasteiger partial charge in [-0.25, -0.2) is 0 Å². The van der Waals surface area contributed by atoms with Crippen molar-refractivity contribution >= 4 is 22.5 Å². The minimum Gasteiger partial charge on any atom is -0.356 e. The molecule has 2 aromatic carbocycles. The van der Waals surface area contributed by atoms with Crippen molar-refractivity contribution in [2.45, 2.75) is 32.2 Å². The Morgan fingerprint density at radius 2 is 1.89 bits per heavy atom. The number of aromatic nitrogens is 1. The summed E-state index contributed by atoms with van der Waals surface area (Å²) in [5.74, 6) is 0.710. The van der Waals surface area contributed by atoms with Gasteiger partial charge in [0, 0.05) is 35.2 Å². The van der Waals surface area contributed by atoms with Gasteiger partial charge in [-0.15, -0.1) is 0 Å². The number of nitrogens with one attached hydrogen (secondary N) is 2. The molecule has 3 aromatic rings. The van der Waals surface area contributed by atoms with E-state index in [0.717, 1.165) is 48.4 Å². The number of para-hydroxylation sites is 2. The molecule has 0 radical (unpaired) electrons. The Labute approximate surface area is 159 Å². The maximum absolute atomic E-state index is 13.8. The fourth-order valence-corrected chi connectivity index (χ4v) is 4.72. The molecule has 1 aromatic heterocycles. The zero-order chi connectivity index (χ0) is 18.6. The Kier molecular flexibility index (Phi) is 3.66. The van der Waals surface area contributed by atoms with Crippen LogP contribution < -0.4 is 10.2 Å². The van der Waals surface area contributed by atoms with E-state index < -0.39 is 5.54 Å². The van der Waals surface area contributed by atoms with E-state index in [0.29, 0.717) is 5.92 Å². The zero-order valence-corrected chi connectivity index (χ0v) is 15.9. The molecule has 0 aliphatic carbocycles. The number of nitrogens with zero attached hydrogens (tertiary/aromatic N) is 1. The van der Waals surface area contributed by atoms with Crippen LogP contribution >= 0.6 is 0 Å². The summed E-state index contributed by atoms with van der Waals surface area (Å²) in [5.41, 5.74) is 4.74. The molecule has 2 aliphatic rings. The molecule has 1 spiro atoms. The minimum atomic E-state index is -0.791. The number of benzene rings is 2. The largest absolute Gasteiger partial charge is 0.356 e. The number of fused-ring (bicyclic) bond motifs is 6. The SMILES string of the molecule is CC(C)CCN1C(=O)C2(NCCc3c2[nH]c2ccccc32)c2ccccc21. The van der Waals surface area contributed by atoms with E-state index in [1.54, 1.807) is 0 Å². The summed E-state index contributed by atoms with van der Waals surface area (Å²) in [7, 11) is 0. The third-order valence-corrected chi connectivity index (χ3v) is 6.05. The Hall–Kier alpha value is -2.59. The molecule has 1 atom stereocenters. The summed E-state index contributed by atoms with van der Waals surface area (Å²) in [6, 6.07) is 16.6. The Morgan fingerprint density at radius 1 is 1.11 bits per heavy atom. The van der Waals surface area contributed by atoms with E-state index in [1.165, 1.54) is 10.9 Å². The van der Waals surface area contributed by atoms with Gasteiger partial charge in [-0.3, -0.25) is 10.1 Å². The van der Waals surface area contributed by atoms with Gasteiger partial charge in [0.15, 0.2) is 5.54 Å². The lowest BCUT2D eigenvalue weighted by molar-refractivity contribution is -0.123. The first-order chi connectivity index (χ1) is 13.1. The number of amides is 1. The molecule has 4 heteroatoms. The predicted molar refractivity (Wildman–Crippen MR) is 109 cm³/mol. The van der Waals surface area contributed by atoms with Crippen LogP contribution in [0.15, 0.2) is 48.5 Å². The highest BCUT2D eigenvalue weighted by Crippen LogP contribution is 2.47. The van der Waals surface area contributed by atoms with Crippen LogP contribution in [0.25, 0.3) is 10.9 Å². The first-order valence-electron chi connectivity index (χ1n) is 9.89. The van der Waals surface area contributed by atoms with E-state index in [-0.39, 0.29) is 5.91 Å². The van der Waals surface area contributed by atoms with Gasteiger partial charge in [-0.05, 0) is 36.5 Å². The summed E-state index contributed by atoms with van der Waals surface area (Å²) in [5, 5.41) is 4.85. The number of hydrogen-bond acceptors (Lipinski definition) is 2. The summed E-state index contributed by atoms with van der Waals surface area (Å²) in [6.45, 7) is 5.97. The van der Waals surface area contributed by atoms with Crippen LogP contribution in [0.4, 0.5) is 5.69 Å². The third-order valence-electron chi connectivity index (χ3n) is 6.05. The molecule has 2 aliphatic heterocycles. The van der Waals surface area contributed by atoms with Crippen LogP contribution in [-0.4, -0.2) is 24.0 Å². The van der Waals surface area contributed by atoms with Crippen molar-refractivity contribution in [3.05, 3.63) is 65.4 Å². The Balaban J connectivity index is 1.72. The monoisotopic (exact) mass is 359 g/mol. The van der Waals surface area contributed by atoms with E-state index >= 15 is 0 Å². The van der Waals surface area contributed by atoms with Crippen LogP contribution in [0.2, 0.25) is 0 Å². The van der Waals surface area contributed by atoms with Crippen molar-refractivity contribution in [1.29, 1.82) is 0 Å². The molecule has 0 bridgehead atoms. The maximum Gasteiger partial charge on any atom is 0.258 e. The quantitative estimate of drug-likeness (QED) is 0.744. The van der Waals surface area contributed by atoms with Crippen molar-refractivity contribution in [1.82, 2.24) is 10.3 Å².